The molecule has 7 amide bonds. The molecule has 4 aliphatic rings. The summed E-state index contributed by atoms with van der Waals surface area (Å²) in [4.78, 5) is 134. The molecule has 0 aromatic heterocycles. The Hall–Kier alpha value is -8.40. The molecule has 0 radical (unpaired) electrons. The summed E-state index contributed by atoms with van der Waals surface area (Å²) in [5, 5.41) is 107. The fraction of sp³-hybridized carbons (Fsp3) is 0.725. The Morgan fingerprint density at radius 2 is 0.730 bits per heavy atom. The van der Waals surface area contributed by atoms with Crippen molar-refractivity contribution in [3.8, 4) is 11.5 Å². The molecular weight excluding hydrogens is 1840 g/mol. The Labute approximate surface area is 828 Å². The lowest BCUT2D eigenvalue weighted by Gasteiger charge is -2.40. The Kier molecular flexibility index (Phi) is 56.5. The molecule has 3 aromatic rings. The van der Waals surface area contributed by atoms with Gasteiger partial charge in [-0.15, -0.1) is 0 Å². The van der Waals surface area contributed by atoms with E-state index in [9.17, 15) is 93.9 Å². The fourth-order valence-corrected chi connectivity index (χ4v) is 17.3. The monoisotopic (exact) mass is 2000 g/mol. The highest BCUT2D eigenvalue weighted by Gasteiger charge is 2.47. The molecule has 15 N–H and O–H groups in total. The van der Waals surface area contributed by atoms with Gasteiger partial charge in [-0.1, -0.05) is 114 Å². The highest BCUT2D eigenvalue weighted by Crippen LogP contribution is 2.43. The van der Waals surface area contributed by atoms with Gasteiger partial charge in [-0.05, 0) is 119 Å². The third-order valence-electron chi connectivity index (χ3n) is 26.0. The zero-order valence-electron chi connectivity index (χ0n) is 83.3. The van der Waals surface area contributed by atoms with E-state index in [0.717, 1.165) is 55.2 Å². The summed E-state index contributed by atoms with van der Waals surface area (Å²) in [7, 11) is 3.20. The van der Waals surface area contributed by atoms with Crippen LogP contribution in [-0.4, -0.2) is 342 Å². The lowest BCUT2D eigenvalue weighted by Crippen LogP contribution is -2.55. The number of hydrogen-bond acceptors (Lipinski definition) is 32. The molecule has 0 saturated carbocycles. The Balaban J connectivity index is 0.920. The maximum Gasteiger partial charge on any atom is 0.306 e. The third-order valence-corrected chi connectivity index (χ3v) is 26.0. The summed E-state index contributed by atoms with van der Waals surface area (Å²) < 4.78 is 77.3. The SMILES string of the molecule is COc1ccc(C(OC[C@@H]2C[C@H](OC(=O)CCC(C)=O)CN2C(=O)CCCCCCCCCCC(=O)CC(COCCC(=O)NCCCNC(=O)CCCCOC2OC(CO)C(O)C(O)C2C)(COCCC(=O)NCCCNC(=O)CCCCOC2OC(CO)C(O)C(O)C2C)COCCC(=O)NCCCNC(=O)CCCCOC2OC(CO)C(O)C(O)C2C)(c2ccccc2)c2ccc(OC)cc2)cc1. The number of aliphatic hydroxyl groups is 9. The average Bonchev–Trinajstić information content (AvgIpc) is 1.38. The number of nitrogens with zero attached hydrogens (tertiary/aromatic N) is 1. The minimum Gasteiger partial charge on any atom is -0.497 e. The number of esters is 1. The number of unbranched alkanes of at least 4 members (excludes halogenated alkanes) is 10. The second kappa shape index (κ2) is 66.6. The van der Waals surface area contributed by atoms with Gasteiger partial charge >= 0.3 is 5.97 Å². The van der Waals surface area contributed by atoms with Crippen LogP contribution in [0.5, 0.6) is 11.5 Å². The number of ketones is 2. The minimum absolute atomic E-state index is 0.0407. The van der Waals surface area contributed by atoms with Gasteiger partial charge in [0.05, 0.1) is 118 Å². The van der Waals surface area contributed by atoms with Gasteiger partial charge in [0, 0.05) is 153 Å². The maximum atomic E-state index is 14.5. The third kappa shape index (κ3) is 42.3. The van der Waals surface area contributed by atoms with E-state index in [1.807, 2.05) is 78.9 Å². The van der Waals surface area contributed by atoms with Crippen LogP contribution in [0.3, 0.4) is 0 Å². The van der Waals surface area contributed by atoms with E-state index in [4.69, 9.17) is 61.6 Å². The van der Waals surface area contributed by atoms with E-state index in [2.05, 4.69) is 31.9 Å². The number of hydrogen-bond donors (Lipinski definition) is 15. The van der Waals surface area contributed by atoms with E-state index in [1.165, 1.54) is 6.92 Å². The lowest BCUT2D eigenvalue weighted by molar-refractivity contribution is -0.282. The predicted molar refractivity (Wildman–Crippen MR) is 515 cm³/mol. The van der Waals surface area contributed by atoms with Crippen LogP contribution in [0, 0.1) is 23.2 Å². The second-order valence-corrected chi connectivity index (χ2v) is 37.4. The van der Waals surface area contributed by atoms with E-state index < -0.39 is 141 Å². The fourth-order valence-electron chi connectivity index (χ4n) is 17.3. The summed E-state index contributed by atoms with van der Waals surface area (Å²) in [6.07, 6.45) is -1.92. The predicted octanol–water partition coefficient (Wildman–Crippen LogP) is 4.61. The maximum absolute atomic E-state index is 14.5. The molecule has 0 spiro atoms. The standard InChI is InChI=1S/C102H161N7O32/c1-69(113)34-43-91(122)138-80-59-76(65-137-102(73-27-14-13-15-28-73,74-35-39-78(129-5)40-36-74)75-37-41-79(130-6)42-38-75)109(61-80)90(121)33-17-12-10-8-7-9-11-16-29-77(114)60-101(66-131-56-44-87(118)106-50-24-47-103-84(115)30-18-21-53-134-98-70(2)92(123)95(126)81(62-110)139-98,67-132-57-45-88(119)107-51-25-48-104-85(116)31-19-22-54-135-99-71(3)93(124)96(127)82(63-111)140-99)68-133-58-46-89(120)108-52-26-49-105-86(117)32-20-23-55-136-100-72(4)94(125)97(128)83(64-112)141-100/h13-15,27-28,35-42,70-72,76,80-83,92-100,110-112,123-128H,7-12,16-26,29-34,43-68H2,1-6H3,(H,103,115)(H,104,116)(H,105,117)(H,106,118)(H,107,119)(H,108,120)/t70?,71?,72?,76-,80-,81?,82?,83?,92?,93?,94?,95?,96?,97?,98?,99?,100?,101?/m0/s1. The zero-order chi connectivity index (χ0) is 102. The first-order valence-corrected chi connectivity index (χ1v) is 50.5. The van der Waals surface area contributed by atoms with E-state index >= 15 is 0 Å². The molecule has 17 atom stereocenters. The molecular formula is C102H161N7O32. The van der Waals surface area contributed by atoms with Gasteiger partial charge in [-0.25, -0.2) is 0 Å². The van der Waals surface area contributed by atoms with E-state index in [-0.39, 0.29) is 235 Å². The number of methoxy groups -OCH3 is 2. The lowest BCUT2D eigenvalue weighted by atomic mass is 9.80. The van der Waals surface area contributed by atoms with Gasteiger partial charge in [-0.3, -0.25) is 43.2 Å². The molecule has 141 heavy (non-hydrogen) atoms. The van der Waals surface area contributed by atoms with Crippen molar-refractivity contribution in [2.75, 3.05) is 146 Å². The van der Waals surface area contributed by atoms with Crippen LogP contribution >= 0.6 is 0 Å². The van der Waals surface area contributed by atoms with Crippen LogP contribution in [0.4, 0.5) is 0 Å². The van der Waals surface area contributed by atoms with Crippen molar-refractivity contribution in [1.29, 1.82) is 0 Å². The molecule has 4 fully saturated rings. The smallest absolute Gasteiger partial charge is 0.306 e. The number of carbonyl (C=O) groups is 10. The normalized spacial score (nSPS) is 23.4. The van der Waals surface area contributed by atoms with Crippen LogP contribution in [0.1, 0.15) is 231 Å². The number of nitrogens with one attached hydrogen (secondary N) is 6. The quantitative estimate of drug-likeness (QED) is 0.0208. The molecule has 0 bridgehead atoms. The minimum atomic E-state index is -1.25. The van der Waals surface area contributed by atoms with Crippen molar-refractivity contribution in [3.05, 3.63) is 95.6 Å². The van der Waals surface area contributed by atoms with Crippen molar-refractivity contribution in [2.45, 2.75) is 305 Å². The molecule has 0 aliphatic carbocycles. The van der Waals surface area contributed by atoms with E-state index in [0.29, 0.717) is 88.5 Å². The average molecular weight is 2000 g/mol. The van der Waals surface area contributed by atoms with Crippen molar-refractivity contribution in [1.82, 2.24) is 36.8 Å². The molecule has 796 valence electrons. The van der Waals surface area contributed by atoms with Crippen LogP contribution in [0.25, 0.3) is 0 Å². The molecule has 4 saturated heterocycles. The summed E-state index contributed by atoms with van der Waals surface area (Å²) in [5.74, 6) is -2.81. The van der Waals surface area contributed by atoms with E-state index in [1.54, 1.807) is 39.9 Å². The highest BCUT2D eigenvalue weighted by atomic mass is 16.7. The van der Waals surface area contributed by atoms with Crippen molar-refractivity contribution in [2.24, 2.45) is 23.2 Å². The number of benzene rings is 3. The molecule has 39 heteroatoms. The number of ether oxygens (including phenoxy) is 13. The number of aliphatic hydroxyl groups excluding tert-OH is 9. The number of rotatable bonds is 73. The number of Topliss-reactive ketones (excluding diaryl/α,β-unsaturated/α-hetero) is 2. The largest absolute Gasteiger partial charge is 0.497 e. The first-order valence-electron chi connectivity index (χ1n) is 50.5. The van der Waals surface area contributed by atoms with Crippen molar-refractivity contribution in [3.63, 3.8) is 0 Å². The van der Waals surface area contributed by atoms with Crippen molar-refractivity contribution < 1.29 is 155 Å². The summed E-state index contributed by atoms with van der Waals surface area (Å²) >= 11 is 0. The zero-order valence-corrected chi connectivity index (χ0v) is 83.3. The van der Waals surface area contributed by atoms with Crippen LogP contribution < -0.4 is 41.4 Å². The van der Waals surface area contributed by atoms with Gasteiger partial charge in [-0.2, -0.15) is 0 Å². The molecule has 3 aromatic carbocycles. The molecule has 4 aliphatic heterocycles. The van der Waals surface area contributed by atoms with Crippen LogP contribution in [0.2, 0.25) is 0 Å². The Morgan fingerprint density at radius 1 is 0.390 bits per heavy atom. The highest BCUT2D eigenvalue weighted by molar-refractivity contribution is 5.82. The van der Waals surface area contributed by atoms with Gasteiger partial charge < -0.3 is 149 Å². The Morgan fingerprint density at radius 3 is 1.09 bits per heavy atom. The summed E-state index contributed by atoms with van der Waals surface area (Å²) in [6, 6.07) is 24.6. The first kappa shape index (κ1) is 120. The number of likely N-dealkylation sites (tertiary alicyclic amines) is 1. The summed E-state index contributed by atoms with van der Waals surface area (Å²) in [6.45, 7) is 6.76. The van der Waals surface area contributed by atoms with Gasteiger partial charge in [0.2, 0.25) is 41.4 Å². The van der Waals surface area contributed by atoms with Crippen molar-refractivity contribution >= 4 is 58.9 Å². The molecule has 4 heterocycles. The molecule has 39 nitrogen and oxygen atoms in total. The van der Waals surface area contributed by atoms with Crippen LogP contribution in [-0.2, 0) is 106 Å². The summed E-state index contributed by atoms with van der Waals surface area (Å²) in [5.41, 5.74) is 0.0814. The first-order chi connectivity index (χ1) is 68.0. The van der Waals surface area contributed by atoms with Gasteiger partial charge in [0.15, 0.2) is 18.9 Å². The second-order valence-electron chi connectivity index (χ2n) is 37.4. The van der Waals surface area contributed by atoms with Crippen LogP contribution in [0.15, 0.2) is 78.9 Å². The number of carbonyl (C=O) groups excluding carboxylic acids is 10. The molecule has 15 unspecified atom stereocenters. The topological polar surface area (TPSA) is 548 Å². The van der Waals surface area contributed by atoms with Gasteiger partial charge in [0.25, 0.3) is 0 Å². The number of amides is 7. The molecule has 7 rings (SSSR count). The van der Waals surface area contributed by atoms with Gasteiger partial charge in [0.1, 0.15) is 71.4 Å². The Bertz CT molecular complexity index is 3840.